The summed E-state index contributed by atoms with van der Waals surface area (Å²) in [6, 6.07) is 2.79. The normalized spacial score (nSPS) is 12.4. The van der Waals surface area contributed by atoms with Gasteiger partial charge in [-0.05, 0) is 55.7 Å². The number of halogens is 3. The van der Waals surface area contributed by atoms with Gasteiger partial charge in [0.15, 0.2) is 0 Å². The van der Waals surface area contributed by atoms with Crippen molar-refractivity contribution in [3.05, 3.63) is 34.9 Å². The zero-order chi connectivity index (χ0) is 17.8. The summed E-state index contributed by atoms with van der Waals surface area (Å²) in [4.78, 5) is 11.2. The third-order valence-corrected chi connectivity index (χ3v) is 3.61. The standard InChI is InChI=1S/C14H15F3O5S/c1-4-21-12(18)6-5-11-7-9(2)13(10(3)8-11)22-23(19,20)14(15,16)17/h5-8H,4H2,1-3H3. The van der Waals surface area contributed by atoms with E-state index in [0.717, 1.165) is 6.08 Å². The summed E-state index contributed by atoms with van der Waals surface area (Å²) in [5.74, 6) is -0.960. The Hall–Kier alpha value is -2.03. The third kappa shape index (κ3) is 4.98. The molecule has 0 spiro atoms. The largest absolute Gasteiger partial charge is 0.534 e. The molecule has 0 unspecified atom stereocenters. The van der Waals surface area contributed by atoms with Crippen molar-refractivity contribution in [1.82, 2.24) is 0 Å². The van der Waals surface area contributed by atoms with Crippen LogP contribution in [0.5, 0.6) is 5.75 Å². The SMILES string of the molecule is CCOC(=O)C=Cc1cc(C)c(OS(=O)(=O)C(F)(F)F)c(C)c1. The van der Waals surface area contributed by atoms with Crippen LogP contribution in [0.25, 0.3) is 6.08 Å². The van der Waals surface area contributed by atoms with Crippen LogP contribution in [0.15, 0.2) is 18.2 Å². The minimum absolute atomic E-state index is 0.182. The molecule has 1 aromatic carbocycles. The second-order valence-electron chi connectivity index (χ2n) is 4.55. The first-order valence-corrected chi connectivity index (χ1v) is 7.85. The van der Waals surface area contributed by atoms with Gasteiger partial charge in [0.05, 0.1) is 6.61 Å². The molecule has 0 aliphatic heterocycles. The molecule has 0 saturated heterocycles. The van der Waals surface area contributed by atoms with Gasteiger partial charge in [0.25, 0.3) is 0 Å². The Morgan fingerprint density at radius 2 is 1.74 bits per heavy atom. The number of alkyl halides is 3. The van der Waals surface area contributed by atoms with E-state index in [1.165, 1.54) is 32.1 Å². The molecule has 9 heteroatoms. The summed E-state index contributed by atoms with van der Waals surface area (Å²) < 4.78 is 68.1. The monoisotopic (exact) mass is 352 g/mol. The summed E-state index contributed by atoms with van der Waals surface area (Å²) in [5, 5.41) is 0. The van der Waals surface area contributed by atoms with Gasteiger partial charge in [-0.1, -0.05) is 0 Å². The van der Waals surface area contributed by atoms with Gasteiger partial charge in [0, 0.05) is 6.08 Å². The van der Waals surface area contributed by atoms with Gasteiger partial charge in [-0.2, -0.15) is 21.6 Å². The van der Waals surface area contributed by atoms with Crippen LogP contribution in [0.2, 0.25) is 0 Å². The lowest BCUT2D eigenvalue weighted by molar-refractivity contribution is -0.137. The van der Waals surface area contributed by atoms with Crippen LogP contribution in [-0.4, -0.2) is 26.5 Å². The van der Waals surface area contributed by atoms with E-state index in [4.69, 9.17) is 4.74 Å². The maximum atomic E-state index is 12.4. The third-order valence-electron chi connectivity index (χ3n) is 2.66. The molecule has 0 N–H and O–H groups in total. The van der Waals surface area contributed by atoms with Gasteiger partial charge in [-0.3, -0.25) is 0 Å². The van der Waals surface area contributed by atoms with Gasteiger partial charge in [0.2, 0.25) is 0 Å². The van der Waals surface area contributed by atoms with Gasteiger partial charge in [-0.25, -0.2) is 4.79 Å². The van der Waals surface area contributed by atoms with Crippen molar-refractivity contribution in [2.24, 2.45) is 0 Å². The summed E-state index contributed by atoms with van der Waals surface area (Å²) >= 11 is 0. The fourth-order valence-electron chi connectivity index (χ4n) is 1.72. The molecule has 0 atom stereocenters. The zero-order valence-electron chi connectivity index (χ0n) is 12.6. The molecule has 0 radical (unpaired) electrons. The summed E-state index contributed by atoms with van der Waals surface area (Å²) in [5.41, 5.74) is -4.65. The van der Waals surface area contributed by atoms with Crippen molar-refractivity contribution in [2.75, 3.05) is 6.61 Å². The topological polar surface area (TPSA) is 69.7 Å². The van der Waals surface area contributed by atoms with Crippen molar-refractivity contribution < 1.29 is 35.3 Å². The Labute approximate surface area is 131 Å². The quantitative estimate of drug-likeness (QED) is 0.352. The second-order valence-corrected chi connectivity index (χ2v) is 6.09. The number of rotatable bonds is 5. The van der Waals surface area contributed by atoms with Crippen molar-refractivity contribution >= 4 is 22.2 Å². The lowest BCUT2D eigenvalue weighted by Gasteiger charge is -2.14. The number of aryl methyl sites for hydroxylation is 2. The van der Waals surface area contributed by atoms with E-state index in [1.807, 2.05) is 0 Å². The highest BCUT2D eigenvalue weighted by atomic mass is 32.2. The highest BCUT2D eigenvalue weighted by molar-refractivity contribution is 7.88. The Balaban J connectivity index is 3.10. The summed E-state index contributed by atoms with van der Waals surface area (Å²) in [6.45, 7) is 4.66. The lowest BCUT2D eigenvalue weighted by atomic mass is 10.1. The number of hydrogen-bond acceptors (Lipinski definition) is 5. The van der Waals surface area contributed by atoms with E-state index in [9.17, 15) is 26.4 Å². The van der Waals surface area contributed by atoms with E-state index >= 15 is 0 Å². The Kier molecular flexibility index (Phi) is 5.81. The molecule has 5 nitrogen and oxygen atoms in total. The highest BCUT2D eigenvalue weighted by Gasteiger charge is 2.48. The molecule has 128 valence electrons. The number of ether oxygens (including phenoxy) is 1. The smallest absolute Gasteiger partial charge is 0.463 e. The minimum atomic E-state index is -5.73. The maximum absolute atomic E-state index is 12.4. The molecule has 1 rings (SSSR count). The van der Waals surface area contributed by atoms with Crippen LogP contribution in [0.4, 0.5) is 13.2 Å². The minimum Gasteiger partial charge on any atom is -0.463 e. The number of benzene rings is 1. The first kappa shape index (κ1) is 19.0. The van der Waals surface area contributed by atoms with Crippen LogP contribution in [0.1, 0.15) is 23.6 Å². The fourth-order valence-corrected chi connectivity index (χ4v) is 2.30. The van der Waals surface area contributed by atoms with Crippen LogP contribution in [0, 0.1) is 13.8 Å². The van der Waals surface area contributed by atoms with Gasteiger partial charge in [0.1, 0.15) is 5.75 Å². The van der Waals surface area contributed by atoms with Gasteiger partial charge < -0.3 is 8.92 Å². The molecule has 23 heavy (non-hydrogen) atoms. The molecule has 0 aliphatic carbocycles. The van der Waals surface area contributed by atoms with E-state index in [2.05, 4.69) is 4.18 Å². The van der Waals surface area contributed by atoms with E-state index < -0.39 is 27.3 Å². The Morgan fingerprint density at radius 3 is 2.17 bits per heavy atom. The first-order chi connectivity index (χ1) is 10.5. The molecular weight excluding hydrogens is 337 g/mol. The lowest BCUT2D eigenvalue weighted by Crippen LogP contribution is -2.28. The molecule has 0 bridgehead atoms. The molecule has 0 aliphatic rings. The van der Waals surface area contributed by atoms with Crippen LogP contribution >= 0.6 is 0 Å². The predicted octanol–water partition coefficient (Wildman–Crippen LogP) is 3.11. The van der Waals surface area contributed by atoms with Crippen LogP contribution < -0.4 is 4.18 Å². The summed E-state index contributed by atoms with van der Waals surface area (Å²) in [7, 11) is -5.73. The second kappa shape index (κ2) is 7.03. The van der Waals surface area contributed by atoms with Crippen LogP contribution in [0.3, 0.4) is 0 Å². The number of carbonyl (C=O) groups is 1. The molecular formula is C14H15F3O5S. The Morgan fingerprint density at radius 1 is 1.22 bits per heavy atom. The zero-order valence-corrected chi connectivity index (χ0v) is 13.4. The fraction of sp³-hybridized carbons (Fsp3) is 0.357. The molecule has 0 heterocycles. The van der Waals surface area contributed by atoms with E-state index in [0.29, 0.717) is 5.56 Å². The maximum Gasteiger partial charge on any atom is 0.534 e. The average molecular weight is 352 g/mol. The molecule has 1 aromatic rings. The molecule has 0 fully saturated rings. The van der Waals surface area contributed by atoms with Crippen LogP contribution in [-0.2, 0) is 19.6 Å². The average Bonchev–Trinajstić information content (AvgIpc) is 2.39. The van der Waals surface area contributed by atoms with Crippen molar-refractivity contribution in [2.45, 2.75) is 26.3 Å². The van der Waals surface area contributed by atoms with Crippen molar-refractivity contribution in [1.29, 1.82) is 0 Å². The number of carbonyl (C=O) groups excluding carboxylic acids is 1. The molecule has 0 aromatic heterocycles. The van der Waals surface area contributed by atoms with Crippen molar-refractivity contribution in [3.8, 4) is 5.75 Å². The number of hydrogen-bond donors (Lipinski definition) is 0. The summed E-state index contributed by atoms with van der Waals surface area (Å²) in [6.07, 6.45) is 2.56. The van der Waals surface area contributed by atoms with Crippen molar-refractivity contribution in [3.63, 3.8) is 0 Å². The molecule has 0 saturated carbocycles. The van der Waals surface area contributed by atoms with Gasteiger partial charge >= 0.3 is 21.6 Å². The first-order valence-electron chi connectivity index (χ1n) is 6.44. The Bertz CT molecular complexity index is 697. The molecule has 0 amide bonds. The highest BCUT2D eigenvalue weighted by Crippen LogP contribution is 2.32. The number of esters is 1. The predicted molar refractivity (Wildman–Crippen MR) is 77.2 cm³/mol. The van der Waals surface area contributed by atoms with Gasteiger partial charge in [-0.15, -0.1) is 0 Å². The van der Waals surface area contributed by atoms with E-state index in [-0.39, 0.29) is 17.7 Å². The van der Waals surface area contributed by atoms with E-state index in [1.54, 1.807) is 6.92 Å².